The second-order valence-electron chi connectivity index (χ2n) is 13.6. The van der Waals surface area contributed by atoms with E-state index in [1.807, 2.05) is 10.8 Å². The van der Waals surface area contributed by atoms with Gasteiger partial charge in [0.2, 0.25) is 5.91 Å². The number of carbonyl (C=O) groups is 2. The van der Waals surface area contributed by atoms with Crippen LogP contribution in [0.5, 0.6) is 11.5 Å². The van der Waals surface area contributed by atoms with Crippen LogP contribution in [0.3, 0.4) is 0 Å². The van der Waals surface area contributed by atoms with E-state index in [2.05, 4.69) is 29.9 Å². The zero-order chi connectivity index (χ0) is 42.6. The average molecular weight is 877 g/mol. The lowest BCUT2D eigenvalue weighted by atomic mass is 10.0. The standard InChI is InChI=1S/C23H20FN3O3S.C22H19FN4O2S.H3N/c1-29-23(28)16-10-18(12-25-11-16)30-9-3-2-4-20-21-19(13-31-22(21)27-14-26-20)15-5-7-17(24)8-6-15;23-16-6-4-14(5-7-16)18-12-30-22-20(18)19(26-13-27-22)3-1-2-8-29-17-9-15(21(24)28)10-25-11-17;/h5-8,10-14H,2-4,9H2,1H3;4-7,9-13H,1-3,8H2,(H2,24,28);1H3. The summed E-state index contributed by atoms with van der Waals surface area (Å²) in [5.41, 5.74) is 11.8. The summed E-state index contributed by atoms with van der Waals surface area (Å²) in [5.74, 6) is -0.443. The first-order valence-corrected chi connectivity index (χ1v) is 21.0. The highest BCUT2D eigenvalue weighted by molar-refractivity contribution is 7.17. The number of methoxy groups -OCH3 is 1. The first-order chi connectivity index (χ1) is 29.8. The fourth-order valence-electron chi connectivity index (χ4n) is 6.47. The molecule has 0 aliphatic carbocycles. The number of pyridine rings is 2. The van der Waals surface area contributed by atoms with Crippen molar-refractivity contribution in [1.82, 2.24) is 36.1 Å². The molecule has 0 saturated carbocycles. The summed E-state index contributed by atoms with van der Waals surface area (Å²) in [4.78, 5) is 50.4. The van der Waals surface area contributed by atoms with E-state index in [-0.39, 0.29) is 17.8 Å². The van der Waals surface area contributed by atoms with Crippen molar-refractivity contribution in [1.29, 1.82) is 0 Å². The lowest BCUT2D eigenvalue weighted by molar-refractivity contribution is 0.0599. The van der Waals surface area contributed by atoms with Gasteiger partial charge in [0, 0.05) is 45.1 Å². The van der Waals surface area contributed by atoms with Crippen molar-refractivity contribution in [3.8, 4) is 33.8 Å². The molecule has 6 aromatic heterocycles. The quantitative estimate of drug-likeness (QED) is 0.0689. The van der Waals surface area contributed by atoms with Crippen LogP contribution in [-0.2, 0) is 17.6 Å². The molecule has 62 heavy (non-hydrogen) atoms. The summed E-state index contributed by atoms with van der Waals surface area (Å²) < 4.78 is 42.7. The molecule has 5 N–H and O–H groups in total. The third kappa shape index (κ3) is 11.3. The van der Waals surface area contributed by atoms with Crippen molar-refractivity contribution >= 4 is 55.0 Å². The minimum Gasteiger partial charge on any atom is -0.492 e. The second-order valence-corrected chi connectivity index (χ2v) is 15.3. The van der Waals surface area contributed by atoms with Crippen LogP contribution in [0.4, 0.5) is 8.78 Å². The van der Waals surface area contributed by atoms with E-state index < -0.39 is 11.9 Å². The highest BCUT2D eigenvalue weighted by atomic mass is 32.1. The molecule has 1 amide bonds. The molecule has 0 fully saturated rings. The van der Waals surface area contributed by atoms with Gasteiger partial charge in [-0.05, 0) is 86.1 Å². The SMILES string of the molecule is COC(=O)c1cncc(OCCCCc2ncnc3scc(-c4ccc(F)cc4)c23)c1.N.NC(=O)c1cncc(OCCCCc2ncnc3scc(-c4ccc(F)cc4)c23)c1. The van der Waals surface area contributed by atoms with Gasteiger partial charge >= 0.3 is 5.97 Å². The van der Waals surface area contributed by atoms with Gasteiger partial charge in [0.1, 0.15) is 45.4 Å². The molecule has 8 rings (SSSR count). The Morgan fingerprint density at radius 3 is 1.53 bits per heavy atom. The Bertz CT molecular complexity index is 2750. The lowest BCUT2D eigenvalue weighted by Gasteiger charge is -2.08. The number of ether oxygens (including phenoxy) is 3. The van der Waals surface area contributed by atoms with Crippen molar-refractivity contribution in [3.63, 3.8) is 0 Å². The van der Waals surface area contributed by atoms with Gasteiger partial charge in [-0.15, -0.1) is 22.7 Å². The van der Waals surface area contributed by atoms with Gasteiger partial charge in [-0.3, -0.25) is 14.8 Å². The number of aromatic nitrogens is 6. The highest BCUT2D eigenvalue weighted by Crippen LogP contribution is 2.36. The van der Waals surface area contributed by atoms with Crippen molar-refractivity contribution in [2.24, 2.45) is 5.73 Å². The van der Waals surface area contributed by atoms with Gasteiger partial charge in [0.15, 0.2) is 0 Å². The summed E-state index contributed by atoms with van der Waals surface area (Å²) >= 11 is 3.12. The maximum absolute atomic E-state index is 13.3. The molecule has 0 spiro atoms. The van der Waals surface area contributed by atoms with Crippen molar-refractivity contribution in [2.45, 2.75) is 38.5 Å². The molecule has 0 saturated heterocycles. The molecule has 318 valence electrons. The molecular formula is C45H42F2N8O5S2. The number of benzene rings is 2. The molecule has 6 heterocycles. The third-order valence-electron chi connectivity index (χ3n) is 9.49. The lowest BCUT2D eigenvalue weighted by Crippen LogP contribution is -2.11. The van der Waals surface area contributed by atoms with Crippen LogP contribution in [-0.4, -0.2) is 62.1 Å². The number of amides is 1. The largest absolute Gasteiger partial charge is 0.492 e. The number of nitrogens with zero attached hydrogens (tertiary/aromatic N) is 6. The minimum atomic E-state index is -0.534. The van der Waals surface area contributed by atoms with Gasteiger partial charge in [-0.2, -0.15) is 0 Å². The summed E-state index contributed by atoms with van der Waals surface area (Å²) in [5, 5.41) is 6.13. The third-order valence-corrected chi connectivity index (χ3v) is 11.3. The van der Waals surface area contributed by atoms with Crippen LogP contribution >= 0.6 is 22.7 Å². The van der Waals surface area contributed by atoms with Gasteiger partial charge in [0.25, 0.3) is 0 Å². The number of hydrogen-bond acceptors (Lipinski definition) is 14. The van der Waals surface area contributed by atoms with E-state index in [1.54, 1.807) is 84.1 Å². The van der Waals surface area contributed by atoms with E-state index >= 15 is 0 Å². The Hall–Kier alpha value is -6.82. The number of rotatable bonds is 16. The molecule has 0 aliphatic rings. The van der Waals surface area contributed by atoms with Crippen molar-refractivity contribution < 1.29 is 32.6 Å². The molecule has 2 aromatic carbocycles. The second kappa shape index (κ2) is 21.6. The molecular weight excluding hydrogens is 835 g/mol. The predicted octanol–water partition coefficient (Wildman–Crippen LogP) is 9.64. The van der Waals surface area contributed by atoms with E-state index in [9.17, 15) is 18.4 Å². The number of halogens is 2. The Morgan fingerprint density at radius 2 is 1.08 bits per heavy atom. The normalized spacial score (nSPS) is 10.8. The minimum absolute atomic E-state index is 0. The van der Waals surface area contributed by atoms with Crippen LogP contribution in [0.15, 0.2) is 109 Å². The van der Waals surface area contributed by atoms with Gasteiger partial charge in [0.05, 0.1) is 55.2 Å². The highest BCUT2D eigenvalue weighted by Gasteiger charge is 2.15. The Labute approximate surface area is 363 Å². The van der Waals surface area contributed by atoms with Crippen LogP contribution in [0.25, 0.3) is 42.7 Å². The first kappa shape index (κ1) is 44.7. The molecule has 0 radical (unpaired) electrons. The van der Waals surface area contributed by atoms with Crippen LogP contribution in [0, 0.1) is 11.6 Å². The number of fused-ring (bicyclic) bond motifs is 2. The number of nitrogens with two attached hydrogens (primary N) is 1. The Kier molecular flexibility index (Phi) is 15.6. The summed E-state index contributed by atoms with van der Waals surface area (Å²) in [6.45, 7) is 0.988. The molecule has 8 aromatic rings. The van der Waals surface area contributed by atoms with Crippen molar-refractivity contribution in [3.05, 3.63) is 143 Å². The average Bonchev–Trinajstić information content (AvgIpc) is 3.93. The van der Waals surface area contributed by atoms with Crippen LogP contribution < -0.4 is 21.4 Å². The molecule has 13 nitrogen and oxygen atoms in total. The number of primary amides is 1. The van der Waals surface area contributed by atoms with E-state index in [0.717, 1.165) is 92.6 Å². The fourth-order valence-corrected chi connectivity index (χ4v) is 8.34. The summed E-state index contributed by atoms with van der Waals surface area (Å²) in [6, 6.07) is 16.1. The number of carbonyl (C=O) groups excluding carboxylic acids is 2. The van der Waals surface area contributed by atoms with Gasteiger partial charge in [-0.1, -0.05) is 24.3 Å². The maximum atomic E-state index is 13.3. The summed E-state index contributed by atoms with van der Waals surface area (Å²) in [6.07, 6.45) is 14.0. The molecule has 0 bridgehead atoms. The molecule has 17 heteroatoms. The van der Waals surface area contributed by atoms with Crippen LogP contribution in [0.1, 0.15) is 57.8 Å². The van der Waals surface area contributed by atoms with Crippen LogP contribution in [0.2, 0.25) is 0 Å². The Morgan fingerprint density at radius 1 is 0.629 bits per heavy atom. The number of esters is 1. The van der Waals surface area contributed by atoms with E-state index in [4.69, 9.17) is 19.9 Å². The topological polar surface area (TPSA) is 200 Å². The number of unbranched alkanes of at least 4 members (excludes halogenated alkanes) is 2. The summed E-state index contributed by atoms with van der Waals surface area (Å²) in [7, 11) is 1.33. The zero-order valence-electron chi connectivity index (χ0n) is 33.6. The van der Waals surface area contributed by atoms with E-state index in [0.29, 0.717) is 35.8 Å². The maximum Gasteiger partial charge on any atom is 0.339 e. The first-order valence-electron chi connectivity index (χ1n) is 19.2. The fraction of sp³-hybridized carbons (Fsp3) is 0.200. The van der Waals surface area contributed by atoms with Gasteiger partial charge in [-0.25, -0.2) is 33.5 Å². The molecule has 0 unspecified atom stereocenters. The number of thiophene rings is 2. The zero-order valence-corrected chi connectivity index (χ0v) is 35.3. The predicted molar refractivity (Wildman–Crippen MR) is 236 cm³/mol. The Balaban J connectivity index is 0.000000204. The number of aryl methyl sites for hydroxylation is 2. The van der Waals surface area contributed by atoms with E-state index in [1.165, 1.54) is 43.8 Å². The molecule has 0 atom stereocenters. The smallest absolute Gasteiger partial charge is 0.339 e. The monoisotopic (exact) mass is 876 g/mol. The van der Waals surface area contributed by atoms with Crippen molar-refractivity contribution in [2.75, 3.05) is 20.3 Å². The number of hydrogen-bond donors (Lipinski definition) is 2. The van der Waals surface area contributed by atoms with Gasteiger partial charge < -0.3 is 26.1 Å². The molecule has 0 aliphatic heterocycles.